The molecule has 4 aromatic carbocycles. The summed E-state index contributed by atoms with van der Waals surface area (Å²) in [6.07, 6.45) is 0. The minimum absolute atomic E-state index is 0. The monoisotopic (exact) mass is 456 g/mol. The highest BCUT2D eigenvalue weighted by Gasteiger charge is 2.09. The molecule has 0 spiro atoms. The Kier molecular flexibility index (Phi) is 8.63. The van der Waals surface area contributed by atoms with E-state index in [4.69, 9.17) is 9.47 Å². The Morgan fingerprint density at radius 3 is 1.18 bits per heavy atom. The summed E-state index contributed by atoms with van der Waals surface area (Å²) < 4.78 is 65.6. The molecule has 0 N–H and O–H groups in total. The number of hydrogen-bond donors (Lipinski definition) is 0. The van der Waals surface area contributed by atoms with Crippen LogP contribution in [-0.4, -0.2) is 6.79 Å². The van der Waals surface area contributed by atoms with Crippen LogP contribution in [0.3, 0.4) is 0 Å². The van der Waals surface area contributed by atoms with Crippen molar-refractivity contribution in [2.45, 2.75) is 14.9 Å². The van der Waals surface area contributed by atoms with Crippen LogP contribution in [0.25, 0.3) is 22.3 Å². The summed E-state index contributed by atoms with van der Waals surface area (Å²) in [6, 6.07) is 19.5. The molecule has 0 radical (unpaired) electrons. The Morgan fingerprint density at radius 2 is 0.848 bits per heavy atom. The fraction of sp³-hybridized carbons (Fsp3) is 0.111. The summed E-state index contributed by atoms with van der Waals surface area (Å²) in [7, 11) is 0. The molecule has 0 saturated carbocycles. The van der Waals surface area contributed by atoms with E-state index in [9.17, 15) is 17.6 Å². The molecule has 4 rings (SSSR count). The predicted molar refractivity (Wildman–Crippen MR) is 123 cm³/mol. The molecule has 0 bridgehead atoms. The first-order chi connectivity index (χ1) is 15.0. The molecular weight excluding hydrogens is 432 g/mol. The van der Waals surface area contributed by atoms with E-state index < -0.39 is 23.3 Å². The van der Waals surface area contributed by atoms with Crippen molar-refractivity contribution >= 4 is 0 Å². The third-order valence-electron chi connectivity index (χ3n) is 4.64. The highest BCUT2D eigenvalue weighted by Crippen LogP contribution is 2.28. The van der Waals surface area contributed by atoms with Crippen molar-refractivity contribution < 1.29 is 27.0 Å². The molecule has 0 fully saturated rings. The molecule has 0 aliphatic heterocycles. The lowest BCUT2D eigenvalue weighted by molar-refractivity contribution is 0.119. The van der Waals surface area contributed by atoms with Gasteiger partial charge in [0.1, 0.15) is 34.8 Å². The Bertz CT molecular complexity index is 1090. The van der Waals surface area contributed by atoms with Gasteiger partial charge in [-0.05, 0) is 59.7 Å². The second-order valence-electron chi connectivity index (χ2n) is 6.70. The van der Waals surface area contributed by atoms with Crippen LogP contribution in [0.15, 0.2) is 84.9 Å². The third kappa shape index (κ3) is 6.13. The Hall–Kier alpha value is -3.80. The maximum atomic E-state index is 14.4. The SMILES string of the molecule is C.C.Fc1ccc(-c2ccc(OCOc3ccc(-c4ccc(F)cc4)c(F)c3)cc2F)cc1. The Morgan fingerprint density at radius 1 is 0.485 bits per heavy atom. The summed E-state index contributed by atoms with van der Waals surface area (Å²) in [5.74, 6) is -1.40. The van der Waals surface area contributed by atoms with E-state index in [-0.39, 0.29) is 33.1 Å². The van der Waals surface area contributed by atoms with Crippen LogP contribution in [0.5, 0.6) is 11.5 Å². The largest absolute Gasteiger partial charge is 0.457 e. The van der Waals surface area contributed by atoms with Crippen LogP contribution in [-0.2, 0) is 0 Å². The molecule has 2 nitrogen and oxygen atoms in total. The van der Waals surface area contributed by atoms with Crippen molar-refractivity contribution in [1.82, 2.24) is 0 Å². The number of hydrogen-bond acceptors (Lipinski definition) is 2. The molecule has 0 heterocycles. The van der Waals surface area contributed by atoms with Gasteiger partial charge in [-0.3, -0.25) is 0 Å². The molecule has 172 valence electrons. The second kappa shape index (κ2) is 11.2. The molecule has 0 atom stereocenters. The molecule has 0 amide bonds. The van der Waals surface area contributed by atoms with Crippen LogP contribution in [0.4, 0.5) is 17.6 Å². The first-order valence-electron chi connectivity index (χ1n) is 9.36. The second-order valence-corrected chi connectivity index (χ2v) is 6.70. The van der Waals surface area contributed by atoms with Gasteiger partial charge in [0.15, 0.2) is 0 Å². The summed E-state index contributed by atoms with van der Waals surface area (Å²) in [5.41, 5.74) is 1.70. The molecule has 0 aliphatic carbocycles. The molecule has 0 aliphatic rings. The smallest absolute Gasteiger partial charge is 0.230 e. The molecule has 33 heavy (non-hydrogen) atoms. The van der Waals surface area contributed by atoms with E-state index in [2.05, 4.69) is 0 Å². The Labute approximate surface area is 191 Å². The van der Waals surface area contributed by atoms with Crippen molar-refractivity contribution in [1.29, 1.82) is 0 Å². The van der Waals surface area contributed by atoms with Gasteiger partial charge in [-0.1, -0.05) is 39.1 Å². The predicted octanol–water partition coefficient (Wildman–Crippen LogP) is 8.26. The molecule has 4 aromatic rings. The molecular formula is C27H24F4O2. The molecule has 0 saturated heterocycles. The third-order valence-corrected chi connectivity index (χ3v) is 4.64. The van der Waals surface area contributed by atoms with E-state index in [1.807, 2.05) is 0 Å². The highest BCUT2D eigenvalue weighted by molar-refractivity contribution is 5.65. The van der Waals surface area contributed by atoms with Crippen molar-refractivity contribution in [2.75, 3.05) is 6.79 Å². The van der Waals surface area contributed by atoms with Gasteiger partial charge in [-0.25, -0.2) is 17.6 Å². The Balaban J connectivity index is 0.00000193. The van der Waals surface area contributed by atoms with Crippen molar-refractivity contribution in [3.63, 3.8) is 0 Å². The highest BCUT2D eigenvalue weighted by atomic mass is 19.1. The lowest BCUT2D eigenvalue weighted by Gasteiger charge is -2.11. The lowest BCUT2D eigenvalue weighted by Crippen LogP contribution is -2.06. The van der Waals surface area contributed by atoms with Crippen molar-refractivity contribution in [2.24, 2.45) is 0 Å². The van der Waals surface area contributed by atoms with Gasteiger partial charge in [-0.15, -0.1) is 0 Å². The minimum atomic E-state index is -0.529. The first-order valence-corrected chi connectivity index (χ1v) is 9.36. The van der Waals surface area contributed by atoms with Crippen molar-refractivity contribution in [3.05, 3.63) is 108 Å². The van der Waals surface area contributed by atoms with E-state index in [0.29, 0.717) is 22.3 Å². The van der Waals surface area contributed by atoms with Crippen LogP contribution in [0, 0.1) is 23.3 Å². The normalized spacial score (nSPS) is 10.1. The van der Waals surface area contributed by atoms with E-state index in [0.717, 1.165) is 0 Å². The number of ether oxygens (including phenoxy) is 2. The van der Waals surface area contributed by atoms with E-state index in [1.165, 1.54) is 72.8 Å². The van der Waals surface area contributed by atoms with Gasteiger partial charge in [0.2, 0.25) is 6.79 Å². The zero-order chi connectivity index (χ0) is 21.8. The van der Waals surface area contributed by atoms with Crippen LogP contribution < -0.4 is 9.47 Å². The van der Waals surface area contributed by atoms with Crippen LogP contribution in [0.2, 0.25) is 0 Å². The van der Waals surface area contributed by atoms with Gasteiger partial charge in [-0.2, -0.15) is 0 Å². The quantitative estimate of drug-likeness (QED) is 0.215. The van der Waals surface area contributed by atoms with Crippen LogP contribution in [0.1, 0.15) is 14.9 Å². The number of benzene rings is 4. The first kappa shape index (κ1) is 25.5. The molecule has 0 unspecified atom stereocenters. The minimum Gasteiger partial charge on any atom is -0.457 e. The van der Waals surface area contributed by atoms with Gasteiger partial charge < -0.3 is 9.47 Å². The fourth-order valence-electron chi connectivity index (χ4n) is 3.06. The topological polar surface area (TPSA) is 18.5 Å². The number of rotatable bonds is 6. The van der Waals surface area contributed by atoms with Gasteiger partial charge in [0.25, 0.3) is 0 Å². The standard InChI is InChI=1S/C25H16F4O2.2CH4/c26-18-5-1-16(2-6-18)22-11-9-20(13-24(22)28)30-15-31-21-10-12-23(25(29)14-21)17-3-7-19(27)8-4-17;;/h1-14H,15H2;2*1H4. The zero-order valence-electron chi connectivity index (χ0n) is 16.1. The number of halogens is 4. The maximum absolute atomic E-state index is 14.4. The molecule has 0 aromatic heterocycles. The maximum Gasteiger partial charge on any atom is 0.230 e. The van der Waals surface area contributed by atoms with Gasteiger partial charge in [0.05, 0.1) is 0 Å². The van der Waals surface area contributed by atoms with Gasteiger partial charge >= 0.3 is 0 Å². The average Bonchev–Trinajstić information content (AvgIpc) is 2.76. The summed E-state index contributed by atoms with van der Waals surface area (Å²) in [6.45, 7) is -0.259. The van der Waals surface area contributed by atoms with Crippen molar-refractivity contribution in [3.8, 4) is 33.8 Å². The van der Waals surface area contributed by atoms with Gasteiger partial charge in [0, 0.05) is 23.3 Å². The molecule has 6 heteroatoms. The fourth-order valence-corrected chi connectivity index (χ4v) is 3.06. The summed E-state index contributed by atoms with van der Waals surface area (Å²) >= 11 is 0. The zero-order valence-corrected chi connectivity index (χ0v) is 16.1. The van der Waals surface area contributed by atoms with E-state index >= 15 is 0 Å². The lowest BCUT2D eigenvalue weighted by atomic mass is 10.1. The van der Waals surface area contributed by atoms with E-state index in [1.54, 1.807) is 12.1 Å². The summed E-state index contributed by atoms with van der Waals surface area (Å²) in [5, 5.41) is 0. The summed E-state index contributed by atoms with van der Waals surface area (Å²) in [4.78, 5) is 0. The van der Waals surface area contributed by atoms with Crippen LogP contribution >= 0.6 is 0 Å². The average molecular weight is 456 g/mol.